The SMILES string of the molecule is O=C(/C=C/c1ccc(Cl)cc1)Nc1cc(Cl)ccc1Cl. The number of rotatable bonds is 3. The van der Waals surface area contributed by atoms with Gasteiger partial charge in [0.1, 0.15) is 0 Å². The third-order valence-electron chi connectivity index (χ3n) is 2.48. The van der Waals surface area contributed by atoms with Crippen LogP contribution in [0.5, 0.6) is 0 Å². The largest absolute Gasteiger partial charge is 0.321 e. The molecule has 0 bridgehead atoms. The van der Waals surface area contributed by atoms with Crippen LogP contribution >= 0.6 is 34.8 Å². The van der Waals surface area contributed by atoms with Gasteiger partial charge in [-0.15, -0.1) is 0 Å². The molecular formula is C15H10Cl3NO. The maximum atomic E-state index is 11.8. The van der Waals surface area contributed by atoms with Crippen molar-refractivity contribution < 1.29 is 4.79 Å². The molecule has 2 aromatic rings. The minimum Gasteiger partial charge on any atom is -0.321 e. The maximum Gasteiger partial charge on any atom is 0.248 e. The lowest BCUT2D eigenvalue weighted by atomic mass is 10.2. The first kappa shape index (κ1) is 14.9. The van der Waals surface area contributed by atoms with Crippen LogP contribution in [0.1, 0.15) is 5.56 Å². The summed E-state index contributed by atoms with van der Waals surface area (Å²) in [6, 6.07) is 12.0. The van der Waals surface area contributed by atoms with Gasteiger partial charge >= 0.3 is 0 Å². The van der Waals surface area contributed by atoms with Crippen LogP contribution in [-0.2, 0) is 4.79 Å². The van der Waals surface area contributed by atoms with Crippen LogP contribution in [0.15, 0.2) is 48.5 Å². The van der Waals surface area contributed by atoms with Gasteiger partial charge in [0.2, 0.25) is 5.91 Å². The standard InChI is InChI=1S/C15H10Cl3NO/c16-11-4-1-10(2-5-11)3-8-15(20)19-14-9-12(17)6-7-13(14)18/h1-9H,(H,19,20)/b8-3+. The molecular weight excluding hydrogens is 317 g/mol. The summed E-state index contributed by atoms with van der Waals surface area (Å²) in [5.74, 6) is -0.288. The summed E-state index contributed by atoms with van der Waals surface area (Å²) in [4.78, 5) is 11.8. The average Bonchev–Trinajstić information content (AvgIpc) is 2.42. The van der Waals surface area contributed by atoms with E-state index in [4.69, 9.17) is 34.8 Å². The predicted molar refractivity (Wildman–Crippen MR) is 85.6 cm³/mol. The summed E-state index contributed by atoms with van der Waals surface area (Å²) in [5, 5.41) is 4.25. The van der Waals surface area contributed by atoms with E-state index in [1.165, 1.54) is 6.08 Å². The van der Waals surface area contributed by atoms with E-state index in [1.54, 1.807) is 36.4 Å². The highest BCUT2D eigenvalue weighted by atomic mass is 35.5. The van der Waals surface area contributed by atoms with E-state index in [9.17, 15) is 4.79 Å². The molecule has 102 valence electrons. The third-order valence-corrected chi connectivity index (χ3v) is 3.30. The van der Waals surface area contributed by atoms with Crippen LogP contribution in [0.25, 0.3) is 6.08 Å². The van der Waals surface area contributed by atoms with E-state index in [1.807, 2.05) is 12.1 Å². The summed E-state index contributed by atoms with van der Waals surface area (Å²) < 4.78 is 0. The molecule has 0 radical (unpaired) electrons. The number of nitrogens with one attached hydrogen (secondary N) is 1. The second kappa shape index (κ2) is 6.80. The Bertz CT molecular complexity index is 651. The fraction of sp³-hybridized carbons (Fsp3) is 0. The smallest absolute Gasteiger partial charge is 0.248 e. The fourth-order valence-corrected chi connectivity index (χ4v) is 1.98. The minimum atomic E-state index is -0.288. The molecule has 1 amide bonds. The first-order valence-corrected chi connectivity index (χ1v) is 6.88. The van der Waals surface area contributed by atoms with E-state index < -0.39 is 0 Å². The number of hydrogen-bond donors (Lipinski definition) is 1. The van der Waals surface area contributed by atoms with Crippen molar-refractivity contribution in [2.75, 3.05) is 5.32 Å². The lowest BCUT2D eigenvalue weighted by Crippen LogP contribution is -2.08. The highest BCUT2D eigenvalue weighted by molar-refractivity contribution is 6.35. The monoisotopic (exact) mass is 325 g/mol. The topological polar surface area (TPSA) is 29.1 Å². The van der Waals surface area contributed by atoms with Gasteiger partial charge in [-0.05, 0) is 42.0 Å². The summed E-state index contributed by atoms with van der Waals surface area (Å²) in [6.07, 6.45) is 3.10. The number of halogens is 3. The Morgan fingerprint density at radius 2 is 1.60 bits per heavy atom. The maximum absolute atomic E-state index is 11.8. The van der Waals surface area contributed by atoms with Crippen molar-refractivity contribution in [3.05, 3.63) is 69.2 Å². The molecule has 2 rings (SSSR count). The van der Waals surface area contributed by atoms with Gasteiger partial charge in [-0.25, -0.2) is 0 Å². The van der Waals surface area contributed by atoms with Crippen molar-refractivity contribution >= 4 is 52.5 Å². The Kier molecular flexibility index (Phi) is 5.07. The summed E-state index contributed by atoms with van der Waals surface area (Å²) in [6.45, 7) is 0. The zero-order valence-corrected chi connectivity index (χ0v) is 12.5. The molecule has 0 aliphatic carbocycles. The molecule has 1 N–H and O–H groups in total. The summed E-state index contributed by atoms with van der Waals surface area (Å²) in [5.41, 5.74) is 1.35. The van der Waals surface area contributed by atoms with Crippen molar-refractivity contribution in [2.24, 2.45) is 0 Å². The van der Waals surface area contributed by atoms with Crippen molar-refractivity contribution in [3.63, 3.8) is 0 Å². The molecule has 0 aromatic heterocycles. The number of carbonyl (C=O) groups excluding carboxylic acids is 1. The van der Waals surface area contributed by atoms with Gasteiger partial charge in [-0.2, -0.15) is 0 Å². The molecule has 0 fully saturated rings. The first-order valence-electron chi connectivity index (χ1n) is 5.74. The van der Waals surface area contributed by atoms with Crippen LogP contribution in [0.2, 0.25) is 15.1 Å². The molecule has 0 saturated heterocycles. The molecule has 2 nitrogen and oxygen atoms in total. The van der Waals surface area contributed by atoms with Gasteiger partial charge in [0.05, 0.1) is 10.7 Å². The lowest BCUT2D eigenvalue weighted by molar-refractivity contribution is -0.111. The number of anilines is 1. The average molecular weight is 327 g/mol. The molecule has 0 atom stereocenters. The van der Waals surface area contributed by atoms with E-state index in [-0.39, 0.29) is 5.91 Å². The van der Waals surface area contributed by atoms with Gasteiger partial charge in [0.25, 0.3) is 0 Å². The molecule has 2 aromatic carbocycles. The van der Waals surface area contributed by atoms with Gasteiger partial charge in [-0.3, -0.25) is 4.79 Å². The van der Waals surface area contributed by atoms with Crippen LogP contribution in [0, 0.1) is 0 Å². The van der Waals surface area contributed by atoms with Crippen LogP contribution in [-0.4, -0.2) is 5.91 Å². The highest BCUT2D eigenvalue weighted by Gasteiger charge is 2.03. The number of benzene rings is 2. The molecule has 0 aliphatic heterocycles. The second-order valence-electron chi connectivity index (χ2n) is 4.00. The normalized spacial score (nSPS) is 10.8. The predicted octanol–water partition coefficient (Wildman–Crippen LogP) is 5.30. The van der Waals surface area contributed by atoms with Crippen molar-refractivity contribution in [1.29, 1.82) is 0 Å². The molecule has 5 heteroatoms. The van der Waals surface area contributed by atoms with E-state index in [0.717, 1.165) is 5.56 Å². The molecule has 0 heterocycles. The van der Waals surface area contributed by atoms with Crippen molar-refractivity contribution in [1.82, 2.24) is 0 Å². The fourth-order valence-electron chi connectivity index (χ4n) is 1.51. The molecule has 0 unspecified atom stereocenters. The Labute approximate surface area is 132 Å². The lowest BCUT2D eigenvalue weighted by Gasteiger charge is -2.05. The Morgan fingerprint density at radius 3 is 2.30 bits per heavy atom. The summed E-state index contributed by atoms with van der Waals surface area (Å²) in [7, 11) is 0. The van der Waals surface area contributed by atoms with Gasteiger partial charge in [0, 0.05) is 16.1 Å². The first-order chi connectivity index (χ1) is 9.54. The third kappa shape index (κ3) is 4.27. The number of carbonyl (C=O) groups is 1. The van der Waals surface area contributed by atoms with Gasteiger partial charge < -0.3 is 5.32 Å². The Hall–Kier alpha value is -1.48. The zero-order chi connectivity index (χ0) is 14.5. The van der Waals surface area contributed by atoms with Crippen LogP contribution in [0.4, 0.5) is 5.69 Å². The quantitative estimate of drug-likeness (QED) is 0.762. The van der Waals surface area contributed by atoms with Crippen molar-refractivity contribution in [3.8, 4) is 0 Å². The minimum absolute atomic E-state index is 0.288. The molecule has 0 saturated carbocycles. The highest BCUT2D eigenvalue weighted by Crippen LogP contribution is 2.25. The van der Waals surface area contributed by atoms with Gasteiger partial charge in [-0.1, -0.05) is 46.9 Å². The van der Waals surface area contributed by atoms with E-state index in [2.05, 4.69) is 5.32 Å². The zero-order valence-electron chi connectivity index (χ0n) is 10.2. The number of hydrogen-bond acceptors (Lipinski definition) is 1. The van der Waals surface area contributed by atoms with E-state index in [0.29, 0.717) is 20.8 Å². The Balaban J connectivity index is 2.05. The molecule has 0 spiro atoms. The van der Waals surface area contributed by atoms with Crippen LogP contribution < -0.4 is 5.32 Å². The molecule has 20 heavy (non-hydrogen) atoms. The van der Waals surface area contributed by atoms with Crippen molar-refractivity contribution in [2.45, 2.75) is 0 Å². The van der Waals surface area contributed by atoms with Gasteiger partial charge in [0.15, 0.2) is 0 Å². The summed E-state index contributed by atoms with van der Waals surface area (Å²) >= 11 is 17.6. The second-order valence-corrected chi connectivity index (χ2v) is 5.28. The van der Waals surface area contributed by atoms with Crippen LogP contribution in [0.3, 0.4) is 0 Å². The number of amides is 1. The Morgan fingerprint density at radius 1 is 0.950 bits per heavy atom. The molecule has 0 aliphatic rings. The van der Waals surface area contributed by atoms with E-state index >= 15 is 0 Å².